The first-order valence-electron chi connectivity index (χ1n) is 5.79. The molecular weight excluding hydrogens is 276 g/mol. The van der Waals surface area contributed by atoms with E-state index >= 15 is 0 Å². The van der Waals surface area contributed by atoms with Gasteiger partial charge in [-0.25, -0.2) is 0 Å². The third-order valence-electron chi connectivity index (χ3n) is 3.47. The van der Waals surface area contributed by atoms with E-state index in [0.717, 1.165) is 28.6 Å². The van der Waals surface area contributed by atoms with Crippen molar-refractivity contribution in [2.45, 2.75) is 38.1 Å². The Labute approximate surface area is 112 Å². The Bertz CT molecular complexity index is 432. The van der Waals surface area contributed by atoms with E-state index in [1.54, 1.807) is 0 Å². The molecule has 0 aliphatic carbocycles. The Morgan fingerprint density at radius 1 is 1.41 bits per heavy atom. The number of rotatable bonds is 4. The average Bonchev–Trinajstić information content (AvgIpc) is 2.36. The maximum atomic E-state index is 9.23. The molecule has 3 heteroatoms. The summed E-state index contributed by atoms with van der Waals surface area (Å²) in [6, 6.07) is 8.33. The van der Waals surface area contributed by atoms with Gasteiger partial charge in [-0.15, -0.1) is 0 Å². The fourth-order valence-electron chi connectivity index (χ4n) is 1.61. The molecule has 0 unspecified atom stereocenters. The quantitative estimate of drug-likeness (QED) is 0.783. The van der Waals surface area contributed by atoms with E-state index in [2.05, 4.69) is 53.7 Å². The molecular formula is C14H19BrN2. The van der Waals surface area contributed by atoms with Gasteiger partial charge in [0.1, 0.15) is 6.07 Å². The molecule has 0 spiro atoms. The van der Waals surface area contributed by atoms with Crippen LogP contribution in [0.3, 0.4) is 0 Å². The van der Waals surface area contributed by atoms with Crippen LogP contribution in [0, 0.1) is 11.3 Å². The molecule has 0 radical (unpaired) electrons. The Balaban J connectivity index is 3.19. The molecule has 0 aliphatic rings. The summed E-state index contributed by atoms with van der Waals surface area (Å²) in [7, 11) is 2.05. The molecule has 0 fully saturated rings. The van der Waals surface area contributed by atoms with E-state index in [1.807, 2.05) is 19.2 Å². The molecule has 0 aromatic heterocycles. The molecule has 17 heavy (non-hydrogen) atoms. The molecule has 0 bridgehead atoms. The third kappa shape index (κ3) is 3.01. The number of halogens is 1. The van der Waals surface area contributed by atoms with Gasteiger partial charge in [0.15, 0.2) is 0 Å². The first kappa shape index (κ1) is 14.1. The van der Waals surface area contributed by atoms with Crippen LogP contribution in [0.4, 0.5) is 5.69 Å². The van der Waals surface area contributed by atoms with Crippen molar-refractivity contribution in [3.63, 3.8) is 0 Å². The van der Waals surface area contributed by atoms with Crippen LogP contribution in [-0.2, 0) is 5.33 Å². The van der Waals surface area contributed by atoms with Gasteiger partial charge in [0.2, 0.25) is 0 Å². The summed E-state index contributed by atoms with van der Waals surface area (Å²) in [6.45, 7) is 6.54. The van der Waals surface area contributed by atoms with Crippen LogP contribution in [0.1, 0.15) is 38.3 Å². The monoisotopic (exact) mass is 294 g/mol. The lowest BCUT2D eigenvalue weighted by molar-refractivity contribution is 0.470. The molecule has 0 N–H and O–H groups in total. The van der Waals surface area contributed by atoms with E-state index in [9.17, 15) is 5.26 Å². The topological polar surface area (TPSA) is 27.0 Å². The highest BCUT2D eigenvalue weighted by molar-refractivity contribution is 9.08. The van der Waals surface area contributed by atoms with Gasteiger partial charge in [0, 0.05) is 17.9 Å². The zero-order chi connectivity index (χ0) is 13.1. The molecule has 0 amide bonds. The minimum Gasteiger partial charge on any atom is -0.368 e. The van der Waals surface area contributed by atoms with Crippen molar-refractivity contribution < 1.29 is 0 Å². The van der Waals surface area contributed by atoms with Crippen LogP contribution >= 0.6 is 15.9 Å². The summed E-state index contributed by atoms with van der Waals surface area (Å²) in [6.07, 6.45) is 1.04. The molecule has 0 saturated heterocycles. The Morgan fingerprint density at radius 2 is 2.06 bits per heavy atom. The lowest BCUT2D eigenvalue weighted by Crippen LogP contribution is -2.40. The number of alkyl halides is 1. The van der Waals surface area contributed by atoms with Crippen LogP contribution in [0.25, 0.3) is 0 Å². The van der Waals surface area contributed by atoms with E-state index < -0.39 is 0 Å². The van der Waals surface area contributed by atoms with Gasteiger partial charge in [0.25, 0.3) is 0 Å². The first-order chi connectivity index (χ1) is 7.96. The van der Waals surface area contributed by atoms with Gasteiger partial charge in [-0.1, -0.05) is 28.9 Å². The number of nitrogens with zero attached hydrogens (tertiary/aromatic N) is 2. The lowest BCUT2D eigenvalue weighted by atomic mass is 9.97. The molecule has 2 nitrogen and oxygen atoms in total. The molecule has 0 heterocycles. The van der Waals surface area contributed by atoms with Gasteiger partial charge in [-0.05, 0) is 38.0 Å². The van der Waals surface area contributed by atoms with Crippen molar-refractivity contribution in [1.82, 2.24) is 0 Å². The van der Waals surface area contributed by atoms with Crippen LogP contribution in [-0.4, -0.2) is 12.6 Å². The smallest absolute Gasteiger partial charge is 0.101 e. The van der Waals surface area contributed by atoms with Gasteiger partial charge in [0.05, 0.1) is 11.3 Å². The SMILES string of the molecule is CCC(C)(C)N(C)c1ccc(CBr)cc1C#N. The first-order valence-corrected chi connectivity index (χ1v) is 6.91. The van der Waals surface area contributed by atoms with Crippen molar-refractivity contribution in [2.75, 3.05) is 11.9 Å². The number of anilines is 1. The second kappa shape index (κ2) is 5.55. The molecule has 1 aromatic carbocycles. The summed E-state index contributed by atoms with van der Waals surface area (Å²) in [5, 5.41) is 10.0. The van der Waals surface area contributed by atoms with Crippen molar-refractivity contribution in [2.24, 2.45) is 0 Å². The summed E-state index contributed by atoms with van der Waals surface area (Å²) in [5.41, 5.74) is 2.93. The highest BCUT2D eigenvalue weighted by atomic mass is 79.9. The van der Waals surface area contributed by atoms with Crippen LogP contribution in [0.15, 0.2) is 18.2 Å². The fourth-order valence-corrected chi connectivity index (χ4v) is 1.96. The molecule has 0 aliphatic heterocycles. The molecule has 92 valence electrons. The maximum Gasteiger partial charge on any atom is 0.101 e. The second-order valence-electron chi connectivity index (χ2n) is 4.82. The zero-order valence-electron chi connectivity index (χ0n) is 10.9. The number of hydrogen-bond donors (Lipinski definition) is 0. The minimum absolute atomic E-state index is 0.0571. The van der Waals surface area contributed by atoms with E-state index in [0.29, 0.717) is 0 Å². The highest BCUT2D eigenvalue weighted by Crippen LogP contribution is 2.28. The minimum atomic E-state index is 0.0571. The largest absolute Gasteiger partial charge is 0.368 e. The summed E-state index contributed by atoms with van der Waals surface area (Å²) in [4.78, 5) is 2.18. The van der Waals surface area contributed by atoms with Gasteiger partial charge in [-0.3, -0.25) is 0 Å². The maximum absolute atomic E-state index is 9.23. The Hall–Kier alpha value is -1.01. The summed E-state index contributed by atoms with van der Waals surface area (Å²) >= 11 is 3.41. The summed E-state index contributed by atoms with van der Waals surface area (Å²) < 4.78 is 0. The fraction of sp³-hybridized carbons (Fsp3) is 0.500. The standard InChI is InChI=1S/C14H19BrN2/c1-5-14(2,3)17(4)13-7-6-11(9-15)8-12(13)10-16/h6-8H,5,9H2,1-4H3. The molecule has 0 saturated carbocycles. The van der Waals surface area contributed by atoms with Crippen molar-refractivity contribution >= 4 is 21.6 Å². The molecule has 0 atom stereocenters. The van der Waals surface area contributed by atoms with Crippen LogP contribution in [0.2, 0.25) is 0 Å². The van der Waals surface area contributed by atoms with Gasteiger partial charge >= 0.3 is 0 Å². The van der Waals surface area contributed by atoms with Crippen LogP contribution < -0.4 is 4.90 Å². The summed E-state index contributed by atoms with van der Waals surface area (Å²) in [5.74, 6) is 0. The zero-order valence-corrected chi connectivity index (χ0v) is 12.5. The van der Waals surface area contributed by atoms with Gasteiger partial charge in [-0.2, -0.15) is 5.26 Å². The highest BCUT2D eigenvalue weighted by Gasteiger charge is 2.23. The molecule has 1 rings (SSSR count). The average molecular weight is 295 g/mol. The number of hydrogen-bond acceptors (Lipinski definition) is 2. The normalized spacial score (nSPS) is 11.1. The Kier molecular flexibility index (Phi) is 4.59. The van der Waals surface area contributed by atoms with E-state index in [1.165, 1.54) is 0 Å². The van der Waals surface area contributed by atoms with Crippen molar-refractivity contribution in [1.29, 1.82) is 5.26 Å². The number of benzene rings is 1. The van der Waals surface area contributed by atoms with E-state index in [-0.39, 0.29) is 5.54 Å². The van der Waals surface area contributed by atoms with E-state index in [4.69, 9.17) is 0 Å². The van der Waals surface area contributed by atoms with Crippen molar-refractivity contribution in [3.05, 3.63) is 29.3 Å². The Morgan fingerprint density at radius 3 is 2.53 bits per heavy atom. The molecule has 1 aromatic rings. The number of nitriles is 1. The predicted molar refractivity (Wildman–Crippen MR) is 76.6 cm³/mol. The third-order valence-corrected chi connectivity index (χ3v) is 4.12. The predicted octanol–water partition coefficient (Wildman–Crippen LogP) is 4.08. The van der Waals surface area contributed by atoms with Crippen molar-refractivity contribution in [3.8, 4) is 6.07 Å². The lowest BCUT2D eigenvalue weighted by Gasteiger charge is -2.37. The van der Waals surface area contributed by atoms with Gasteiger partial charge < -0.3 is 4.90 Å². The van der Waals surface area contributed by atoms with Crippen LogP contribution in [0.5, 0.6) is 0 Å². The second-order valence-corrected chi connectivity index (χ2v) is 5.38.